The minimum atomic E-state index is -0.229. The maximum atomic E-state index is 12.3. The Labute approximate surface area is 155 Å². The van der Waals surface area contributed by atoms with E-state index in [0.29, 0.717) is 22.1 Å². The molecule has 26 heavy (non-hydrogen) atoms. The molecular weight excluding hydrogens is 354 g/mol. The largest absolute Gasteiger partial charge is 0.493 e. The second kappa shape index (κ2) is 6.50. The summed E-state index contributed by atoms with van der Waals surface area (Å²) in [6.07, 6.45) is 3.51. The Morgan fingerprint density at radius 2 is 2.00 bits per heavy atom. The lowest BCUT2D eigenvalue weighted by molar-refractivity contribution is -0.135. The van der Waals surface area contributed by atoms with Crippen LogP contribution in [0.25, 0.3) is 11.6 Å². The van der Waals surface area contributed by atoms with Crippen LogP contribution in [-0.2, 0) is 9.59 Å². The van der Waals surface area contributed by atoms with Crippen LogP contribution in [0.2, 0.25) is 5.02 Å². The molecule has 1 amide bonds. The molecular formula is C20H16ClNO4. The number of benzene rings is 2. The van der Waals surface area contributed by atoms with Gasteiger partial charge >= 0.3 is 5.97 Å². The van der Waals surface area contributed by atoms with Crippen molar-refractivity contribution in [3.8, 4) is 11.5 Å². The fraction of sp³-hybridized carbons (Fsp3) is 0.200. The van der Waals surface area contributed by atoms with Gasteiger partial charge in [0, 0.05) is 21.8 Å². The molecule has 4 rings (SSSR count). The summed E-state index contributed by atoms with van der Waals surface area (Å²) in [5.41, 5.74) is 2.76. The summed E-state index contributed by atoms with van der Waals surface area (Å²) in [6, 6.07) is 10.5. The van der Waals surface area contributed by atoms with Crippen LogP contribution in [0.3, 0.4) is 0 Å². The molecule has 1 aliphatic heterocycles. The summed E-state index contributed by atoms with van der Waals surface area (Å²) in [6.45, 7) is 0. The highest BCUT2D eigenvalue weighted by Gasteiger charge is 2.32. The highest BCUT2D eigenvalue weighted by atomic mass is 35.5. The maximum Gasteiger partial charge on any atom is 0.314 e. The van der Waals surface area contributed by atoms with Gasteiger partial charge in [-0.3, -0.25) is 9.59 Å². The third kappa shape index (κ3) is 3.18. The van der Waals surface area contributed by atoms with Gasteiger partial charge in [-0.15, -0.1) is 0 Å². The Morgan fingerprint density at radius 3 is 2.73 bits per heavy atom. The minimum absolute atomic E-state index is 0.00457. The normalized spacial score (nSPS) is 17.0. The summed E-state index contributed by atoms with van der Waals surface area (Å²) in [5, 5.41) is 3.38. The number of methoxy groups -OCH3 is 1. The molecule has 0 radical (unpaired) electrons. The van der Waals surface area contributed by atoms with Crippen molar-refractivity contribution in [2.45, 2.75) is 12.8 Å². The lowest BCUT2D eigenvalue weighted by atomic mass is 10.0. The number of hydrogen-bond acceptors (Lipinski definition) is 4. The number of amides is 1. The summed E-state index contributed by atoms with van der Waals surface area (Å²) < 4.78 is 10.7. The summed E-state index contributed by atoms with van der Waals surface area (Å²) in [4.78, 5) is 24.1. The molecule has 2 aromatic rings. The van der Waals surface area contributed by atoms with Crippen molar-refractivity contribution in [1.82, 2.24) is 0 Å². The molecule has 2 aromatic carbocycles. The predicted octanol–water partition coefficient (Wildman–Crippen LogP) is 4.16. The van der Waals surface area contributed by atoms with Crippen LogP contribution in [0.1, 0.15) is 24.0 Å². The average molecular weight is 370 g/mol. The van der Waals surface area contributed by atoms with Gasteiger partial charge in [0.15, 0.2) is 11.5 Å². The molecule has 0 aromatic heterocycles. The van der Waals surface area contributed by atoms with Gasteiger partial charge in [-0.1, -0.05) is 17.7 Å². The number of rotatable bonds is 4. The third-order valence-corrected chi connectivity index (χ3v) is 4.62. The van der Waals surface area contributed by atoms with Gasteiger partial charge in [0.05, 0.1) is 13.0 Å². The number of fused-ring (bicyclic) bond motifs is 1. The van der Waals surface area contributed by atoms with E-state index >= 15 is 0 Å². The van der Waals surface area contributed by atoms with Crippen molar-refractivity contribution in [1.29, 1.82) is 0 Å². The fourth-order valence-electron chi connectivity index (χ4n) is 2.84. The zero-order chi connectivity index (χ0) is 18.3. The molecule has 0 unspecified atom stereocenters. The van der Waals surface area contributed by atoms with E-state index in [1.165, 1.54) is 7.11 Å². The lowest BCUT2D eigenvalue weighted by Gasteiger charge is -2.10. The van der Waals surface area contributed by atoms with Crippen molar-refractivity contribution in [3.63, 3.8) is 0 Å². The first-order chi connectivity index (χ1) is 12.5. The molecule has 0 bridgehead atoms. The number of nitrogens with one attached hydrogen (secondary N) is 1. The van der Waals surface area contributed by atoms with Crippen LogP contribution in [0.4, 0.5) is 5.69 Å². The maximum absolute atomic E-state index is 12.3. The van der Waals surface area contributed by atoms with Crippen LogP contribution >= 0.6 is 11.6 Å². The Balaban J connectivity index is 1.66. The first-order valence-electron chi connectivity index (χ1n) is 8.28. The van der Waals surface area contributed by atoms with Gasteiger partial charge in [-0.05, 0) is 54.8 Å². The molecule has 6 heteroatoms. The van der Waals surface area contributed by atoms with E-state index in [1.54, 1.807) is 42.5 Å². The smallest absolute Gasteiger partial charge is 0.314 e. The van der Waals surface area contributed by atoms with E-state index in [0.717, 1.165) is 29.7 Å². The van der Waals surface area contributed by atoms with E-state index in [4.69, 9.17) is 21.1 Å². The monoisotopic (exact) mass is 369 g/mol. The van der Waals surface area contributed by atoms with Crippen molar-refractivity contribution in [3.05, 3.63) is 52.5 Å². The molecule has 1 heterocycles. The van der Waals surface area contributed by atoms with E-state index in [2.05, 4.69) is 5.32 Å². The van der Waals surface area contributed by atoms with Crippen LogP contribution in [-0.4, -0.2) is 19.0 Å². The van der Waals surface area contributed by atoms with Gasteiger partial charge in [-0.2, -0.15) is 0 Å². The fourth-order valence-corrected chi connectivity index (χ4v) is 3.01. The first kappa shape index (κ1) is 16.7. The number of hydrogen-bond donors (Lipinski definition) is 1. The van der Waals surface area contributed by atoms with Gasteiger partial charge in [0.2, 0.25) is 0 Å². The number of esters is 1. The molecule has 1 saturated carbocycles. The zero-order valence-corrected chi connectivity index (χ0v) is 14.8. The standard InChI is InChI=1S/C20H16ClNO4/c1-25-18-9-11(2-7-17(18)26-20(24)12-3-4-12)8-15-14-10-13(21)5-6-16(14)22-19(15)23/h2,5-10,12H,3-4H2,1H3,(H,22,23)/b15-8-. The molecule has 0 spiro atoms. The van der Waals surface area contributed by atoms with Gasteiger partial charge in [0.1, 0.15) is 0 Å². The summed E-state index contributed by atoms with van der Waals surface area (Å²) in [7, 11) is 1.51. The molecule has 1 aliphatic carbocycles. The first-order valence-corrected chi connectivity index (χ1v) is 8.65. The van der Waals surface area contributed by atoms with Gasteiger partial charge in [0.25, 0.3) is 5.91 Å². The van der Waals surface area contributed by atoms with Crippen molar-refractivity contribution >= 4 is 40.8 Å². The van der Waals surface area contributed by atoms with Crippen LogP contribution < -0.4 is 14.8 Å². The Kier molecular flexibility index (Phi) is 4.17. The third-order valence-electron chi connectivity index (χ3n) is 4.38. The number of halogens is 1. The number of carbonyl (C=O) groups excluding carboxylic acids is 2. The molecule has 5 nitrogen and oxygen atoms in total. The van der Waals surface area contributed by atoms with E-state index in [-0.39, 0.29) is 17.8 Å². The van der Waals surface area contributed by atoms with Crippen LogP contribution in [0, 0.1) is 5.92 Å². The van der Waals surface area contributed by atoms with Crippen LogP contribution in [0.15, 0.2) is 36.4 Å². The summed E-state index contributed by atoms with van der Waals surface area (Å²) in [5.74, 6) is 0.410. The topological polar surface area (TPSA) is 64.6 Å². The lowest BCUT2D eigenvalue weighted by Crippen LogP contribution is -2.10. The quantitative estimate of drug-likeness (QED) is 0.499. The van der Waals surface area contributed by atoms with E-state index in [1.807, 2.05) is 0 Å². The van der Waals surface area contributed by atoms with E-state index < -0.39 is 0 Å². The highest BCUT2D eigenvalue weighted by Crippen LogP contribution is 2.37. The minimum Gasteiger partial charge on any atom is -0.493 e. The number of carbonyl (C=O) groups is 2. The highest BCUT2D eigenvalue weighted by molar-refractivity contribution is 6.36. The van der Waals surface area contributed by atoms with Crippen molar-refractivity contribution in [2.75, 3.05) is 12.4 Å². The molecule has 132 valence electrons. The van der Waals surface area contributed by atoms with Crippen molar-refractivity contribution < 1.29 is 19.1 Å². The number of anilines is 1. The SMILES string of the molecule is COc1cc(/C=C2\C(=O)Nc3ccc(Cl)cc32)ccc1OC(=O)C1CC1. The second-order valence-electron chi connectivity index (χ2n) is 6.31. The predicted molar refractivity (Wildman–Crippen MR) is 99.3 cm³/mol. The molecule has 0 atom stereocenters. The Bertz CT molecular complexity index is 947. The zero-order valence-electron chi connectivity index (χ0n) is 14.0. The average Bonchev–Trinajstić information content (AvgIpc) is 3.43. The van der Waals surface area contributed by atoms with Crippen molar-refractivity contribution in [2.24, 2.45) is 5.92 Å². The van der Waals surface area contributed by atoms with Gasteiger partial charge < -0.3 is 14.8 Å². The molecule has 1 N–H and O–H groups in total. The second-order valence-corrected chi connectivity index (χ2v) is 6.74. The van der Waals surface area contributed by atoms with Gasteiger partial charge in [-0.25, -0.2) is 0 Å². The number of ether oxygens (including phenoxy) is 2. The van der Waals surface area contributed by atoms with Crippen LogP contribution in [0.5, 0.6) is 11.5 Å². The molecule has 1 fully saturated rings. The summed E-state index contributed by atoms with van der Waals surface area (Å²) >= 11 is 6.05. The van der Waals surface area contributed by atoms with E-state index in [9.17, 15) is 9.59 Å². The molecule has 2 aliphatic rings. The Hall–Kier alpha value is -2.79. The molecule has 0 saturated heterocycles. The Morgan fingerprint density at radius 1 is 1.19 bits per heavy atom.